The third kappa shape index (κ3) is 3.78. The van der Waals surface area contributed by atoms with Gasteiger partial charge in [0.15, 0.2) is 0 Å². The van der Waals surface area contributed by atoms with Gasteiger partial charge in [0.25, 0.3) is 0 Å². The molecule has 0 amide bonds. The molecule has 2 aromatic carbocycles. The average Bonchev–Trinajstić information content (AvgIpc) is 2.37. The molecule has 0 aliphatic carbocycles. The average molecular weight is 426 g/mol. The molecule has 0 saturated heterocycles. The summed E-state index contributed by atoms with van der Waals surface area (Å²) in [5, 5.41) is 14.1. The Hall–Kier alpha value is -0.420. The fraction of sp³-hybridized carbons (Fsp3) is 0.0769. The van der Waals surface area contributed by atoms with Gasteiger partial charge >= 0.3 is 0 Å². The first kappa shape index (κ1) is 15.0. The highest BCUT2D eigenvalue weighted by Crippen LogP contribution is 2.34. The van der Waals surface area contributed by atoms with Crippen molar-refractivity contribution in [3.8, 4) is 5.75 Å². The number of halogens is 4. The second kappa shape index (κ2) is 6.35. The number of benzene rings is 2. The predicted molar refractivity (Wildman–Crippen MR) is 87.3 cm³/mol. The van der Waals surface area contributed by atoms with Crippen LogP contribution < -0.4 is 5.32 Å². The lowest BCUT2D eigenvalue weighted by Crippen LogP contribution is -2.00. The van der Waals surface area contributed by atoms with E-state index in [9.17, 15) is 5.11 Å². The molecule has 0 radical (unpaired) electrons. The van der Waals surface area contributed by atoms with Crippen LogP contribution in [0.25, 0.3) is 0 Å². The molecule has 0 aliphatic heterocycles. The van der Waals surface area contributed by atoms with E-state index in [0.29, 0.717) is 25.5 Å². The molecule has 0 aliphatic rings. The maximum atomic E-state index is 9.64. The number of hydrogen-bond donors (Lipinski definition) is 2. The van der Waals surface area contributed by atoms with Gasteiger partial charge < -0.3 is 10.4 Å². The summed E-state index contributed by atoms with van der Waals surface area (Å²) >= 11 is 18.6. The molecule has 0 atom stereocenters. The van der Waals surface area contributed by atoms with Crippen molar-refractivity contribution < 1.29 is 5.11 Å². The molecule has 0 saturated carbocycles. The molecule has 19 heavy (non-hydrogen) atoms. The highest BCUT2D eigenvalue weighted by Gasteiger charge is 2.07. The van der Waals surface area contributed by atoms with E-state index in [1.54, 1.807) is 18.2 Å². The second-order valence-corrected chi connectivity index (χ2v) is 6.44. The van der Waals surface area contributed by atoms with E-state index < -0.39 is 0 Å². The normalized spacial score (nSPS) is 10.5. The molecule has 6 heteroatoms. The lowest BCUT2D eigenvalue weighted by molar-refractivity contribution is 0.468. The maximum Gasteiger partial charge on any atom is 0.143 e. The first-order valence-electron chi connectivity index (χ1n) is 5.33. The fourth-order valence-electron chi connectivity index (χ4n) is 1.55. The summed E-state index contributed by atoms with van der Waals surface area (Å²) in [6, 6.07) is 8.93. The Morgan fingerprint density at radius 2 is 1.68 bits per heavy atom. The monoisotopic (exact) mass is 423 g/mol. The van der Waals surface area contributed by atoms with Crippen LogP contribution in [-0.4, -0.2) is 5.11 Å². The highest BCUT2D eigenvalue weighted by molar-refractivity contribution is 9.11. The van der Waals surface area contributed by atoms with Gasteiger partial charge in [-0.2, -0.15) is 0 Å². The third-order valence-corrected chi connectivity index (χ3v) is 4.26. The van der Waals surface area contributed by atoms with Gasteiger partial charge in [-0.25, -0.2) is 0 Å². The van der Waals surface area contributed by atoms with E-state index in [0.717, 1.165) is 11.3 Å². The summed E-state index contributed by atoms with van der Waals surface area (Å²) in [7, 11) is 0. The van der Waals surface area contributed by atoms with E-state index in [4.69, 9.17) is 23.2 Å². The Kier molecular flexibility index (Phi) is 5.01. The minimum absolute atomic E-state index is 0.185. The Morgan fingerprint density at radius 3 is 2.32 bits per heavy atom. The van der Waals surface area contributed by atoms with Crippen LogP contribution in [0.15, 0.2) is 39.3 Å². The summed E-state index contributed by atoms with van der Waals surface area (Å²) in [5.74, 6) is 0.185. The van der Waals surface area contributed by atoms with Gasteiger partial charge in [-0.15, -0.1) is 0 Å². The molecular weight excluding hydrogens is 417 g/mol. The minimum Gasteiger partial charge on any atom is -0.506 e. The van der Waals surface area contributed by atoms with Crippen LogP contribution in [0.4, 0.5) is 5.69 Å². The number of phenols is 1. The smallest absolute Gasteiger partial charge is 0.143 e. The second-order valence-electron chi connectivity index (χ2n) is 3.89. The third-order valence-electron chi connectivity index (χ3n) is 2.49. The number of nitrogens with one attached hydrogen (secondary N) is 1. The van der Waals surface area contributed by atoms with Gasteiger partial charge in [-0.1, -0.05) is 23.2 Å². The zero-order valence-electron chi connectivity index (χ0n) is 9.55. The maximum absolute atomic E-state index is 9.64. The topological polar surface area (TPSA) is 32.3 Å². The van der Waals surface area contributed by atoms with Gasteiger partial charge in [0, 0.05) is 11.6 Å². The summed E-state index contributed by atoms with van der Waals surface area (Å²) in [4.78, 5) is 0. The molecule has 0 heterocycles. The quantitative estimate of drug-likeness (QED) is 0.647. The number of aromatic hydroxyl groups is 1. The van der Waals surface area contributed by atoms with E-state index in [1.165, 1.54) is 0 Å². The molecule has 0 spiro atoms. The predicted octanol–water partition coefficient (Wildman–Crippen LogP) is 5.84. The van der Waals surface area contributed by atoms with Crippen molar-refractivity contribution in [3.05, 3.63) is 54.9 Å². The molecular formula is C13H9Br2Cl2NO. The highest BCUT2D eigenvalue weighted by atomic mass is 79.9. The first-order valence-corrected chi connectivity index (χ1v) is 7.67. The fourth-order valence-corrected chi connectivity index (χ4v) is 3.19. The van der Waals surface area contributed by atoms with Gasteiger partial charge in [0.05, 0.1) is 19.7 Å². The molecule has 2 aromatic rings. The minimum atomic E-state index is 0.185. The zero-order chi connectivity index (χ0) is 14.0. The summed E-state index contributed by atoms with van der Waals surface area (Å²) in [6.45, 7) is 0.567. The lowest BCUT2D eigenvalue weighted by Gasteiger charge is -2.10. The standard InChI is InChI=1S/C13H9Br2Cl2NO/c14-9-3-7(4-10(15)13(9)19)6-18-12-5-8(16)1-2-11(12)17/h1-5,18-19H,6H2. The Labute approximate surface area is 138 Å². The van der Waals surface area contributed by atoms with Crippen molar-refractivity contribution >= 4 is 60.7 Å². The molecule has 2 N–H and O–H groups in total. The van der Waals surface area contributed by atoms with Crippen molar-refractivity contribution in [2.45, 2.75) is 6.54 Å². The largest absolute Gasteiger partial charge is 0.506 e. The van der Waals surface area contributed by atoms with Crippen molar-refractivity contribution in [3.63, 3.8) is 0 Å². The molecule has 0 fully saturated rings. The van der Waals surface area contributed by atoms with Crippen LogP contribution in [0.2, 0.25) is 10.0 Å². The summed E-state index contributed by atoms with van der Waals surface area (Å²) in [6.07, 6.45) is 0. The Morgan fingerprint density at radius 1 is 1.05 bits per heavy atom. The van der Waals surface area contributed by atoms with Crippen LogP contribution in [0.3, 0.4) is 0 Å². The molecule has 0 bridgehead atoms. The van der Waals surface area contributed by atoms with Crippen molar-refractivity contribution in [1.82, 2.24) is 0 Å². The Bertz CT molecular complexity index is 597. The summed E-state index contributed by atoms with van der Waals surface area (Å²) in [5.41, 5.74) is 1.77. The lowest BCUT2D eigenvalue weighted by atomic mass is 10.2. The zero-order valence-corrected chi connectivity index (χ0v) is 14.2. The molecule has 0 aromatic heterocycles. The van der Waals surface area contributed by atoms with Crippen LogP contribution in [0, 0.1) is 0 Å². The first-order chi connectivity index (χ1) is 8.97. The number of hydrogen-bond acceptors (Lipinski definition) is 2. The number of phenolic OH excluding ortho intramolecular Hbond substituents is 1. The van der Waals surface area contributed by atoms with Crippen LogP contribution in [0.5, 0.6) is 5.75 Å². The van der Waals surface area contributed by atoms with Gasteiger partial charge in [-0.3, -0.25) is 0 Å². The number of anilines is 1. The van der Waals surface area contributed by atoms with Crippen molar-refractivity contribution in [1.29, 1.82) is 0 Å². The molecule has 2 rings (SSSR count). The van der Waals surface area contributed by atoms with Crippen LogP contribution in [-0.2, 0) is 6.54 Å². The number of rotatable bonds is 3. The van der Waals surface area contributed by atoms with Gasteiger partial charge in [-0.05, 0) is 67.8 Å². The van der Waals surface area contributed by atoms with Gasteiger partial charge in [0.1, 0.15) is 5.75 Å². The molecule has 0 unspecified atom stereocenters. The van der Waals surface area contributed by atoms with E-state index in [-0.39, 0.29) is 5.75 Å². The van der Waals surface area contributed by atoms with E-state index >= 15 is 0 Å². The van der Waals surface area contributed by atoms with Gasteiger partial charge in [0.2, 0.25) is 0 Å². The molecule has 100 valence electrons. The van der Waals surface area contributed by atoms with E-state index in [2.05, 4.69) is 37.2 Å². The Balaban J connectivity index is 2.17. The summed E-state index contributed by atoms with van der Waals surface area (Å²) < 4.78 is 1.27. The van der Waals surface area contributed by atoms with Crippen LogP contribution in [0.1, 0.15) is 5.56 Å². The SMILES string of the molecule is Oc1c(Br)cc(CNc2cc(Cl)ccc2Cl)cc1Br. The van der Waals surface area contributed by atoms with E-state index in [1.807, 2.05) is 12.1 Å². The van der Waals surface area contributed by atoms with Crippen molar-refractivity contribution in [2.24, 2.45) is 0 Å². The van der Waals surface area contributed by atoms with Crippen LogP contribution >= 0.6 is 55.1 Å². The van der Waals surface area contributed by atoms with Crippen molar-refractivity contribution in [2.75, 3.05) is 5.32 Å². The molecule has 2 nitrogen and oxygen atoms in total.